The van der Waals surface area contributed by atoms with Gasteiger partial charge in [-0.05, 0) is 37.1 Å². The maximum absolute atomic E-state index is 12.3. The predicted molar refractivity (Wildman–Crippen MR) is 95.5 cm³/mol. The molecule has 3 rings (SSSR count). The number of pyridine rings is 1. The first-order chi connectivity index (χ1) is 10.9. The Morgan fingerprint density at radius 1 is 1.22 bits per heavy atom. The Morgan fingerprint density at radius 2 is 1.91 bits per heavy atom. The molecule has 0 radical (unpaired) electrons. The molecule has 4 nitrogen and oxygen atoms in total. The van der Waals surface area contributed by atoms with Gasteiger partial charge in [-0.3, -0.25) is 4.79 Å². The molecule has 120 valence electrons. The first-order valence-corrected chi connectivity index (χ1v) is 8.02. The molecule has 0 saturated heterocycles. The quantitative estimate of drug-likeness (QED) is 0.717. The number of H-pyrrole nitrogens is 1. The smallest absolute Gasteiger partial charge is 0.272 e. The molecule has 0 aliphatic carbocycles. The number of nitrogens with zero attached hydrogens (tertiary/aromatic N) is 1. The van der Waals surface area contributed by atoms with Gasteiger partial charge in [0.1, 0.15) is 5.69 Å². The normalized spacial score (nSPS) is 11.2. The minimum absolute atomic E-state index is 0.167. The number of hydrogen-bond acceptors (Lipinski definition) is 3. The van der Waals surface area contributed by atoms with E-state index in [2.05, 4.69) is 4.98 Å². The fraction of sp³-hybridized carbons (Fsp3) is 0.235. The molecule has 0 amide bonds. The third kappa shape index (κ3) is 2.73. The van der Waals surface area contributed by atoms with Gasteiger partial charge >= 0.3 is 0 Å². The van der Waals surface area contributed by atoms with Gasteiger partial charge in [-0.25, -0.2) is 0 Å². The summed E-state index contributed by atoms with van der Waals surface area (Å²) in [7, 11) is 1.78. The van der Waals surface area contributed by atoms with Crippen LogP contribution in [0.5, 0.6) is 0 Å². The molecule has 1 N–H and O–H groups in total. The van der Waals surface area contributed by atoms with E-state index >= 15 is 0 Å². The van der Waals surface area contributed by atoms with Gasteiger partial charge in [0.25, 0.3) is 5.56 Å². The molecule has 1 aromatic carbocycles. The number of aryl methyl sites for hydroxylation is 2. The van der Waals surface area contributed by atoms with Crippen LogP contribution < -0.4 is 10.5 Å². The molecule has 0 atom stereocenters. The number of fused-ring (bicyclic) bond motifs is 1. The highest BCUT2D eigenvalue weighted by atomic mass is 35.5. The van der Waals surface area contributed by atoms with Gasteiger partial charge < -0.3 is 14.3 Å². The van der Waals surface area contributed by atoms with Crippen molar-refractivity contribution in [3.8, 4) is 0 Å². The summed E-state index contributed by atoms with van der Waals surface area (Å²) in [6, 6.07) is 7.08. The van der Waals surface area contributed by atoms with E-state index in [0.29, 0.717) is 27.2 Å². The van der Waals surface area contributed by atoms with Crippen molar-refractivity contribution in [3.63, 3.8) is 0 Å². The largest absolute Gasteiger partial charge is 0.439 e. The van der Waals surface area contributed by atoms with E-state index in [1.54, 1.807) is 30.1 Å². The lowest BCUT2D eigenvalue weighted by Gasteiger charge is -2.16. The van der Waals surface area contributed by atoms with Gasteiger partial charge in [0, 0.05) is 24.2 Å². The third-order valence-corrected chi connectivity index (χ3v) is 4.60. The first-order valence-electron chi connectivity index (χ1n) is 7.26. The SMILES string of the molecule is CCc1cc(N(C)c2cc3c(Cl)ccc(Cl)c3o2)c(=O)[nH]c1C. The number of anilines is 2. The number of nitrogens with one attached hydrogen (secondary N) is 1. The highest BCUT2D eigenvalue weighted by Gasteiger charge is 2.17. The molecule has 2 aromatic heterocycles. The van der Waals surface area contributed by atoms with E-state index < -0.39 is 0 Å². The van der Waals surface area contributed by atoms with E-state index in [0.717, 1.165) is 23.1 Å². The molecule has 0 aliphatic heterocycles. The molecule has 0 fully saturated rings. The Morgan fingerprint density at radius 3 is 2.57 bits per heavy atom. The van der Waals surface area contributed by atoms with Crippen LogP contribution in [0.4, 0.5) is 11.6 Å². The van der Waals surface area contributed by atoms with Gasteiger partial charge in [0.2, 0.25) is 5.88 Å². The monoisotopic (exact) mass is 350 g/mol. The van der Waals surface area contributed by atoms with Crippen molar-refractivity contribution in [1.82, 2.24) is 4.98 Å². The summed E-state index contributed by atoms with van der Waals surface area (Å²) in [6.07, 6.45) is 0.835. The van der Waals surface area contributed by atoms with Crippen molar-refractivity contribution in [2.45, 2.75) is 20.3 Å². The van der Waals surface area contributed by atoms with Crippen molar-refractivity contribution in [3.05, 3.63) is 55.9 Å². The number of halogens is 2. The molecule has 23 heavy (non-hydrogen) atoms. The number of aromatic amines is 1. The first kappa shape index (κ1) is 16.0. The zero-order chi connectivity index (χ0) is 16.7. The van der Waals surface area contributed by atoms with Crippen LogP contribution >= 0.6 is 23.2 Å². The molecule has 6 heteroatoms. The van der Waals surface area contributed by atoms with Crippen molar-refractivity contribution < 1.29 is 4.42 Å². The zero-order valence-electron chi connectivity index (χ0n) is 13.0. The zero-order valence-corrected chi connectivity index (χ0v) is 14.5. The topological polar surface area (TPSA) is 49.2 Å². The standard InChI is InChI=1S/C17H16Cl2N2O2/c1-4-10-7-14(17(22)20-9(10)2)21(3)15-8-11-12(18)5-6-13(19)16(11)23-15/h5-8H,4H2,1-3H3,(H,20,22). The van der Waals surface area contributed by atoms with E-state index in [4.69, 9.17) is 27.6 Å². The average Bonchev–Trinajstić information content (AvgIpc) is 2.97. The Kier molecular flexibility index (Phi) is 4.13. The van der Waals surface area contributed by atoms with E-state index in [1.165, 1.54) is 0 Å². The molecule has 0 spiro atoms. The summed E-state index contributed by atoms with van der Waals surface area (Å²) in [5.74, 6) is 0.506. The number of rotatable bonds is 3. The fourth-order valence-corrected chi connectivity index (χ4v) is 3.01. The highest BCUT2D eigenvalue weighted by Crippen LogP contribution is 2.36. The molecule has 0 bridgehead atoms. The number of hydrogen-bond donors (Lipinski definition) is 1. The molecule has 2 heterocycles. The van der Waals surface area contributed by atoms with Gasteiger partial charge in [0.05, 0.1) is 10.0 Å². The average molecular weight is 351 g/mol. The summed E-state index contributed by atoms with van der Waals surface area (Å²) in [6.45, 7) is 3.94. The van der Waals surface area contributed by atoms with E-state index in [-0.39, 0.29) is 5.56 Å². The highest BCUT2D eigenvalue weighted by molar-refractivity contribution is 6.39. The van der Waals surface area contributed by atoms with E-state index in [9.17, 15) is 4.79 Å². The fourth-order valence-electron chi connectivity index (χ4n) is 2.60. The summed E-state index contributed by atoms with van der Waals surface area (Å²) in [5, 5.41) is 1.76. The van der Waals surface area contributed by atoms with Crippen LogP contribution in [0.2, 0.25) is 10.0 Å². The van der Waals surface area contributed by atoms with E-state index in [1.807, 2.05) is 19.9 Å². The lowest BCUT2D eigenvalue weighted by Crippen LogP contribution is -2.21. The van der Waals surface area contributed by atoms with Crippen LogP contribution in [0.3, 0.4) is 0 Å². The van der Waals surface area contributed by atoms with Gasteiger partial charge in [0.15, 0.2) is 5.58 Å². The second-order valence-electron chi connectivity index (χ2n) is 5.40. The number of benzene rings is 1. The van der Waals surface area contributed by atoms with Crippen LogP contribution in [-0.2, 0) is 6.42 Å². The summed E-state index contributed by atoms with van der Waals surface area (Å²) < 4.78 is 5.81. The Balaban J connectivity index is 2.14. The number of furan rings is 1. The second kappa shape index (κ2) is 5.95. The van der Waals surface area contributed by atoms with Crippen LogP contribution in [0, 0.1) is 6.92 Å². The minimum Gasteiger partial charge on any atom is -0.439 e. The van der Waals surface area contributed by atoms with Crippen molar-refractivity contribution in [2.24, 2.45) is 0 Å². The number of aromatic nitrogens is 1. The summed E-state index contributed by atoms with van der Waals surface area (Å²) >= 11 is 12.3. The molecule has 0 unspecified atom stereocenters. The maximum Gasteiger partial charge on any atom is 0.272 e. The molecular weight excluding hydrogens is 335 g/mol. The van der Waals surface area contributed by atoms with Gasteiger partial charge in [-0.2, -0.15) is 0 Å². The van der Waals surface area contributed by atoms with Crippen LogP contribution in [-0.4, -0.2) is 12.0 Å². The van der Waals surface area contributed by atoms with Gasteiger partial charge in [-0.1, -0.05) is 30.1 Å². The summed E-state index contributed by atoms with van der Waals surface area (Å²) in [4.78, 5) is 16.9. The Bertz CT molecular complexity index is 905. The maximum atomic E-state index is 12.3. The predicted octanol–water partition coefficient (Wildman–Crippen LogP) is 5.07. The van der Waals surface area contributed by atoms with Crippen LogP contribution in [0.1, 0.15) is 18.2 Å². The second-order valence-corrected chi connectivity index (χ2v) is 6.22. The van der Waals surface area contributed by atoms with Crippen LogP contribution in [0.15, 0.2) is 33.5 Å². The Hall–Kier alpha value is -1.91. The van der Waals surface area contributed by atoms with Gasteiger partial charge in [-0.15, -0.1) is 0 Å². The minimum atomic E-state index is -0.167. The molecular formula is C17H16Cl2N2O2. The van der Waals surface area contributed by atoms with Crippen molar-refractivity contribution >= 4 is 45.7 Å². The summed E-state index contributed by atoms with van der Waals surface area (Å²) in [5.41, 5.74) is 2.82. The molecule has 3 aromatic rings. The molecule has 0 saturated carbocycles. The van der Waals surface area contributed by atoms with Crippen molar-refractivity contribution in [2.75, 3.05) is 11.9 Å². The Labute approximate surface area is 143 Å². The third-order valence-electron chi connectivity index (χ3n) is 3.97. The molecule has 0 aliphatic rings. The van der Waals surface area contributed by atoms with Crippen LogP contribution in [0.25, 0.3) is 11.0 Å². The lowest BCUT2D eigenvalue weighted by atomic mass is 10.1. The van der Waals surface area contributed by atoms with Crippen molar-refractivity contribution in [1.29, 1.82) is 0 Å². The lowest BCUT2D eigenvalue weighted by molar-refractivity contribution is 0.615.